The van der Waals surface area contributed by atoms with Crippen molar-refractivity contribution in [2.45, 2.75) is 65.1 Å². The van der Waals surface area contributed by atoms with Crippen molar-refractivity contribution >= 4 is 5.97 Å². The van der Waals surface area contributed by atoms with E-state index in [0.29, 0.717) is 17.9 Å². The van der Waals surface area contributed by atoms with E-state index in [9.17, 15) is 9.90 Å². The second-order valence-corrected chi connectivity index (χ2v) is 11.1. The number of aryl methyl sites for hydroxylation is 1. The van der Waals surface area contributed by atoms with E-state index < -0.39 is 11.8 Å². The molecule has 0 bridgehead atoms. The molecule has 0 aromatic heterocycles. The molecule has 0 aliphatic heterocycles. The molecule has 38 heavy (non-hydrogen) atoms. The normalized spacial score (nSPS) is 16.0. The highest BCUT2D eigenvalue weighted by molar-refractivity contribution is 5.71. The summed E-state index contributed by atoms with van der Waals surface area (Å²) in [5, 5.41) is 9.34. The van der Waals surface area contributed by atoms with Crippen LogP contribution in [0.15, 0.2) is 54.6 Å². The van der Waals surface area contributed by atoms with Gasteiger partial charge in [-0.15, -0.1) is 0 Å². The van der Waals surface area contributed by atoms with Gasteiger partial charge in [-0.2, -0.15) is 0 Å². The van der Waals surface area contributed by atoms with E-state index in [4.69, 9.17) is 14.2 Å². The zero-order valence-electron chi connectivity index (χ0n) is 22.8. The van der Waals surface area contributed by atoms with Crippen molar-refractivity contribution in [2.24, 2.45) is 5.41 Å². The van der Waals surface area contributed by atoms with Crippen LogP contribution in [0, 0.1) is 11.2 Å². The summed E-state index contributed by atoms with van der Waals surface area (Å²) in [4.78, 5) is 11.4. The van der Waals surface area contributed by atoms with Gasteiger partial charge in [-0.05, 0) is 82.7 Å². The summed E-state index contributed by atoms with van der Waals surface area (Å²) in [5.74, 6) is -0.267. The summed E-state index contributed by atoms with van der Waals surface area (Å²) in [6, 6.07) is 17.0. The predicted molar refractivity (Wildman–Crippen MR) is 146 cm³/mol. The Hall–Kier alpha value is -3.38. The monoisotopic (exact) mass is 520 g/mol. The van der Waals surface area contributed by atoms with Gasteiger partial charge >= 0.3 is 5.97 Å². The number of ether oxygens (including phenoxy) is 3. The van der Waals surface area contributed by atoms with Crippen LogP contribution in [0.1, 0.15) is 74.3 Å². The minimum atomic E-state index is -0.777. The van der Waals surface area contributed by atoms with E-state index in [2.05, 4.69) is 26.8 Å². The zero-order valence-corrected chi connectivity index (χ0v) is 22.8. The number of carboxylic acids is 1. The van der Waals surface area contributed by atoms with Gasteiger partial charge in [-0.3, -0.25) is 4.79 Å². The Balaban J connectivity index is 1.66. The first-order valence-electron chi connectivity index (χ1n) is 13.1. The van der Waals surface area contributed by atoms with Crippen molar-refractivity contribution in [2.75, 3.05) is 14.2 Å². The highest BCUT2D eigenvalue weighted by Crippen LogP contribution is 2.42. The van der Waals surface area contributed by atoms with Crippen LogP contribution >= 0.6 is 0 Å². The lowest BCUT2D eigenvalue weighted by Gasteiger charge is -2.32. The Kier molecular flexibility index (Phi) is 8.41. The Bertz CT molecular complexity index is 1290. The molecule has 3 aromatic carbocycles. The van der Waals surface area contributed by atoms with Gasteiger partial charge in [0.2, 0.25) is 0 Å². The topological polar surface area (TPSA) is 65.0 Å². The summed E-state index contributed by atoms with van der Waals surface area (Å²) in [6.07, 6.45) is 2.68. The minimum absolute atomic E-state index is 0.0118. The van der Waals surface area contributed by atoms with Crippen LogP contribution in [0.3, 0.4) is 0 Å². The molecule has 5 nitrogen and oxygen atoms in total. The molecule has 0 saturated carbocycles. The molecule has 4 rings (SSSR count). The summed E-state index contributed by atoms with van der Waals surface area (Å²) in [7, 11) is 3.13. The quantitative estimate of drug-likeness (QED) is 0.313. The van der Waals surface area contributed by atoms with Crippen molar-refractivity contribution in [3.05, 3.63) is 82.7 Å². The summed E-state index contributed by atoms with van der Waals surface area (Å²) < 4.78 is 32.6. The van der Waals surface area contributed by atoms with Gasteiger partial charge in [0.05, 0.1) is 19.6 Å². The van der Waals surface area contributed by atoms with Crippen LogP contribution in [0.25, 0.3) is 11.1 Å². The maximum atomic E-state index is 15.3. The van der Waals surface area contributed by atoms with Crippen LogP contribution in [0.4, 0.5) is 4.39 Å². The van der Waals surface area contributed by atoms with Crippen molar-refractivity contribution < 1.29 is 28.5 Å². The van der Waals surface area contributed by atoms with Gasteiger partial charge in [-0.1, -0.05) is 51.1 Å². The van der Waals surface area contributed by atoms with E-state index in [-0.39, 0.29) is 29.6 Å². The molecule has 0 heterocycles. The lowest BCUT2D eigenvalue weighted by atomic mass is 9.81. The van der Waals surface area contributed by atoms with Gasteiger partial charge in [0.25, 0.3) is 0 Å². The highest BCUT2D eigenvalue weighted by Gasteiger charge is 2.30. The molecule has 6 heteroatoms. The van der Waals surface area contributed by atoms with Gasteiger partial charge in [0, 0.05) is 12.7 Å². The number of hydrogen-bond acceptors (Lipinski definition) is 4. The van der Waals surface area contributed by atoms with Gasteiger partial charge in [0.1, 0.15) is 12.4 Å². The van der Waals surface area contributed by atoms with Crippen molar-refractivity contribution in [1.82, 2.24) is 0 Å². The van der Waals surface area contributed by atoms with E-state index in [1.54, 1.807) is 25.3 Å². The van der Waals surface area contributed by atoms with E-state index >= 15 is 4.39 Å². The Morgan fingerprint density at radius 1 is 1.08 bits per heavy atom. The third kappa shape index (κ3) is 6.02. The van der Waals surface area contributed by atoms with E-state index in [1.807, 2.05) is 30.3 Å². The number of aliphatic carboxylic acids is 1. The fraction of sp³-hybridized carbons (Fsp3) is 0.406. The molecule has 0 radical (unpaired) electrons. The summed E-state index contributed by atoms with van der Waals surface area (Å²) >= 11 is 0. The number of carbonyl (C=O) groups is 1. The van der Waals surface area contributed by atoms with Crippen LogP contribution in [-0.4, -0.2) is 25.3 Å². The standard InChI is InChI=1S/C32H37FO5/c1-32(2,3)31(37-5)27-16-20(12-15-24(27)25-10-7-11-28(36-4)30(25)33)19-38-23-14-13-21-8-6-9-22(17-29(34)35)26(21)18-23/h7,10-16,18,22,31H,6,8-9,17,19H2,1-5H3,(H,34,35). The lowest BCUT2D eigenvalue weighted by Crippen LogP contribution is -2.21. The van der Waals surface area contributed by atoms with Crippen LogP contribution < -0.4 is 9.47 Å². The number of methoxy groups -OCH3 is 2. The fourth-order valence-electron chi connectivity index (χ4n) is 5.54. The molecule has 0 fully saturated rings. The molecule has 0 amide bonds. The van der Waals surface area contributed by atoms with Crippen LogP contribution in [0.2, 0.25) is 0 Å². The number of hydrogen-bond donors (Lipinski definition) is 1. The average molecular weight is 521 g/mol. The largest absolute Gasteiger partial charge is 0.494 e. The van der Waals surface area contributed by atoms with Gasteiger partial charge in [0.15, 0.2) is 11.6 Å². The number of benzene rings is 3. The van der Waals surface area contributed by atoms with Crippen LogP contribution in [0.5, 0.6) is 11.5 Å². The van der Waals surface area contributed by atoms with Crippen molar-refractivity contribution in [3.8, 4) is 22.6 Å². The van der Waals surface area contributed by atoms with Crippen molar-refractivity contribution in [1.29, 1.82) is 0 Å². The number of halogens is 1. The molecule has 0 spiro atoms. The maximum absolute atomic E-state index is 15.3. The molecule has 3 aromatic rings. The molecule has 2 atom stereocenters. The number of carboxylic acid groups (broad SMARTS) is 1. The second kappa shape index (κ2) is 11.6. The Morgan fingerprint density at radius 3 is 2.55 bits per heavy atom. The highest BCUT2D eigenvalue weighted by atomic mass is 19.1. The molecular weight excluding hydrogens is 483 g/mol. The van der Waals surface area contributed by atoms with Crippen molar-refractivity contribution in [3.63, 3.8) is 0 Å². The summed E-state index contributed by atoms with van der Waals surface area (Å²) in [5.41, 5.74) is 5.05. The molecular formula is C32H37FO5. The third-order valence-corrected chi connectivity index (χ3v) is 7.28. The van der Waals surface area contributed by atoms with Gasteiger partial charge in [-0.25, -0.2) is 4.39 Å². The van der Waals surface area contributed by atoms with Gasteiger partial charge < -0.3 is 19.3 Å². The smallest absolute Gasteiger partial charge is 0.303 e. The predicted octanol–water partition coefficient (Wildman–Crippen LogP) is 7.71. The molecule has 0 saturated heterocycles. The molecule has 1 aliphatic rings. The lowest BCUT2D eigenvalue weighted by molar-refractivity contribution is -0.137. The fourth-order valence-corrected chi connectivity index (χ4v) is 5.54. The first-order chi connectivity index (χ1) is 18.1. The Labute approximate surface area is 224 Å². The first-order valence-corrected chi connectivity index (χ1v) is 13.1. The first kappa shape index (κ1) is 27.6. The third-order valence-electron chi connectivity index (χ3n) is 7.28. The molecule has 1 N–H and O–H groups in total. The van der Waals surface area contributed by atoms with E-state index in [0.717, 1.165) is 41.5 Å². The molecule has 202 valence electrons. The SMILES string of the molecule is COc1cccc(-c2ccc(COc3ccc4c(c3)C(CC(=O)O)CCC4)cc2C(OC)C(C)(C)C)c1F. The van der Waals surface area contributed by atoms with E-state index in [1.165, 1.54) is 12.7 Å². The number of fused-ring (bicyclic) bond motifs is 1. The summed E-state index contributed by atoms with van der Waals surface area (Å²) in [6.45, 7) is 6.60. The molecule has 2 unspecified atom stereocenters. The number of rotatable bonds is 9. The van der Waals surface area contributed by atoms with Crippen LogP contribution in [-0.2, 0) is 22.6 Å². The average Bonchev–Trinajstić information content (AvgIpc) is 2.87. The second-order valence-electron chi connectivity index (χ2n) is 11.1. The maximum Gasteiger partial charge on any atom is 0.303 e. The minimum Gasteiger partial charge on any atom is -0.494 e. The Morgan fingerprint density at radius 2 is 1.87 bits per heavy atom. The zero-order chi connectivity index (χ0) is 27.4. The molecule has 1 aliphatic carbocycles.